The van der Waals surface area contributed by atoms with Gasteiger partial charge in [0.05, 0.1) is 4.88 Å². The summed E-state index contributed by atoms with van der Waals surface area (Å²) in [4.78, 5) is 20.0. The highest BCUT2D eigenvalue weighted by Gasteiger charge is 2.19. The molecule has 0 aliphatic carbocycles. The zero-order valence-electron chi connectivity index (χ0n) is 12.5. The molecule has 0 N–H and O–H groups in total. The Balaban J connectivity index is 1.79. The van der Waals surface area contributed by atoms with Gasteiger partial charge in [0, 0.05) is 23.5 Å². The van der Waals surface area contributed by atoms with Crippen molar-refractivity contribution in [1.82, 2.24) is 9.88 Å². The van der Waals surface area contributed by atoms with E-state index >= 15 is 0 Å². The van der Waals surface area contributed by atoms with Crippen LogP contribution in [0.2, 0.25) is 5.02 Å². The molecular formula is C17H15ClN2OS2. The number of carbonyl (C=O) groups is 1. The average molecular weight is 363 g/mol. The second-order valence-corrected chi connectivity index (χ2v) is 7.14. The predicted molar refractivity (Wildman–Crippen MR) is 97.3 cm³/mol. The van der Waals surface area contributed by atoms with Crippen LogP contribution >= 0.6 is 34.3 Å². The largest absolute Gasteiger partial charge is 0.333 e. The van der Waals surface area contributed by atoms with Crippen molar-refractivity contribution in [1.29, 1.82) is 0 Å². The lowest BCUT2D eigenvalue weighted by molar-refractivity contribution is 0.0747. The molecule has 0 atom stereocenters. The van der Waals surface area contributed by atoms with E-state index in [0.29, 0.717) is 23.8 Å². The van der Waals surface area contributed by atoms with Crippen LogP contribution in [0.5, 0.6) is 0 Å². The second-order valence-electron chi connectivity index (χ2n) is 4.93. The highest BCUT2D eigenvalue weighted by atomic mass is 35.5. The summed E-state index contributed by atoms with van der Waals surface area (Å²) in [6.07, 6.45) is 0. The molecule has 1 aromatic carbocycles. The van der Waals surface area contributed by atoms with E-state index in [1.165, 1.54) is 11.3 Å². The summed E-state index contributed by atoms with van der Waals surface area (Å²) in [6, 6.07) is 11.6. The number of hydrogen-bond donors (Lipinski definition) is 0. The van der Waals surface area contributed by atoms with Gasteiger partial charge in [-0.05, 0) is 30.0 Å². The Kier molecular flexibility index (Phi) is 5.10. The minimum Gasteiger partial charge on any atom is -0.333 e. The van der Waals surface area contributed by atoms with Crippen LogP contribution in [0.3, 0.4) is 0 Å². The fraction of sp³-hybridized carbons (Fsp3) is 0.176. The molecule has 0 aliphatic heterocycles. The van der Waals surface area contributed by atoms with E-state index in [1.54, 1.807) is 16.2 Å². The molecule has 3 nitrogen and oxygen atoms in total. The van der Waals surface area contributed by atoms with Crippen LogP contribution in [-0.2, 0) is 6.54 Å². The van der Waals surface area contributed by atoms with Gasteiger partial charge in [-0.1, -0.05) is 35.9 Å². The van der Waals surface area contributed by atoms with E-state index in [-0.39, 0.29) is 5.91 Å². The molecule has 3 rings (SSSR count). The van der Waals surface area contributed by atoms with Gasteiger partial charge in [0.25, 0.3) is 5.91 Å². The van der Waals surface area contributed by atoms with Crippen molar-refractivity contribution in [2.75, 3.05) is 6.54 Å². The Bertz CT molecular complexity index is 799. The smallest absolute Gasteiger partial charge is 0.273 e. The highest BCUT2D eigenvalue weighted by Crippen LogP contribution is 2.28. The van der Waals surface area contributed by atoms with Gasteiger partial charge in [0.1, 0.15) is 10.7 Å². The fourth-order valence-corrected chi connectivity index (χ4v) is 4.01. The third kappa shape index (κ3) is 3.63. The molecule has 118 valence electrons. The number of thiophene rings is 1. The topological polar surface area (TPSA) is 33.2 Å². The molecule has 0 saturated heterocycles. The average Bonchev–Trinajstić information content (AvgIpc) is 3.24. The molecule has 1 amide bonds. The van der Waals surface area contributed by atoms with E-state index in [0.717, 1.165) is 15.4 Å². The summed E-state index contributed by atoms with van der Waals surface area (Å²) < 4.78 is 0. The first-order valence-corrected chi connectivity index (χ1v) is 9.35. The van der Waals surface area contributed by atoms with Crippen LogP contribution in [0, 0.1) is 0 Å². The minimum absolute atomic E-state index is 0.0634. The van der Waals surface area contributed by atoms with Crippen molar-refractivity contribution in [2.24, 2.45) is 0 Å². The Labute approximate surface area is 148 Å². The van der Waals surface area contributed by atoms with Crippen LogP contribution in [0.15, 0.2) is 47.2 Å². The minimum atomic E-state index is -0.0634. The molecule has 0 aliphatic rings. The molecule has 0 fully saturated rings. The lowest BCUT2D eigenvalue weighted by atomic mass is 10.2. The number of halogens is 1. The number of hydrogen-bond acceptors (Lipinski definition) is 4. The van der Waals surface area contributed by atoms with Crippen LogP contribution in [-0.4, -0.2) is 22.3 Å². The van der Waals surface area contributed by atoms with Crippen molar-refractivity contribution in [3.05, 3.63) is 63.4 Å². The van der Waals surface area contributed by atoms with Gasteiger partial charge in [0.15, 0.2) is 0 Å². The van der Waals surface area contributed by atoms with Crippen LogP contribution < -0.4 is 0 Å². The van der Waals surface area contributed by atoms with E-state index in [1.807, 2.05) is 54.1 Å². The number of amides is 1. The second kappa shape index (κ2) is 7.25. The number of benzene rings is 1. The van der Waals surface area contributed by atoms with E-state index in [4.69, 9.17) is 11.6 Å². The van der Waals surface area contributed by atoms with Crippen molar-refractivity contribution in [3.63, 3.8) is 0 Å². The zero-order valence-corrected chi connectivity index (χ0v) is 14.9. The molecular weight excluding hydrogens is 348 g/mol. The SMILES string of the molecule is CCN(Cc1ccccc1Cl)C(=O)c1csc(-c2cccs2)n1. The van der Waals surface area contributed by atoms with Crippen molar-refractivity contribution in [2.45, 2.75) is 13.5 Å². The molecule has 23 heavy (non-hydrogen) atoms. The standard InChI is InChI=1S/C17H15ClN2OS2/c1-2-20(10-12-6-3-4-7-13(12)18)17(21)14-11-23-16(19-14)15-8-5-9-22-15/h3-9,11H,2,10H2,1H3. The summed E-state index contributed by atoms with van der Waals surface area (Å²) in [5, 5.41) is 5.40. The summed E-state index contributed by atoms with van der Waals surface area (Å²) in [5.41, 5.74) is 1.44. The summed E-state index contributed by atoms with van der Waals surface area (Å²) >= 11 is 9.32. The van der Waals surface area contributed by atoms with Crippen molar-refractivity contribution in [3.8, 4) is 9.88 Å². The molecule has 3 aromatic rings. The van der Waals surface area contributed by atoms with Gasteiger partial charge in [-0.25, -0.2) is 4.98 Å². The van der Waals surface area contributed by atoms with E-state index in [2.05, 4.69) is 4.98 Å². The van der Waals surface area contributed by atoms with Crippen LogP contribution in [0.1, 0.15) is 23.0 Å². The Morgan fingerprint density at radius 1 is 1.22 bits per heavy atom. The zero-order chi connectivity index (χ0) is 16.2. The molecule has 6 heteroatoms. The molecule has 2 heterocycles. The molecule has 0 spiro atoms. The molecule has 0 unspecified atom stereocenters. The van der Waals surface area contributed by atoms with Gasteiger partial charge in [-0.15, -0.1) is 22.7 Å². The quantitative estimate of drug-likeness (QED) is 0.626. The number of aromatic nitrogens is 1. The maximum absolute atomic E-state index is 12.7. The Hall–Kier alpha value is -1.69. The third-order valence-electron chi connectivity index (χ3n) is 3.44. The van der Waals surface area contributed by atoms with Gasteiger partial charge in [-0.3, -0.25) is 4.79 Å². The first-order chi connectivity index (χ1) is 11.2. The van der Waals surface area contributed by atoms with E-state index < -0.39 is 0 Å². The molecule has 0 radical (unpaired) electrons. The van der Waals surface area contributed by atoms with Gasteiger partial charge < -0.3 is 4.90 Å². The fourth-order valence-electron chi connectivity index (χ4n) is 2.21. The lowest BCUT2D eigenvalue weighted by Gasteiger charge is -2.20. The normalized spacial score (nSPS) is 10.7. The monoisotopic (exact) mass is 362 g/mol. The molecule has 0 bridgehead atoms. The number of rotatable bonds is 5. The van der Waals surface area contributed by atoms with Crippen molar-refractivity contribution >= 4 is 40.2 Å². The van der Waals surface area contributed by atoms with Gasteiger partial charge in [-0.2, -0.15) is 0 Å². The Morgan fingerprint density at radius 3 is 2.74 bits per heavy atom. The summed E-state index contributed by atoms with van der Waals surface area (Å²) in [5.74, 6) is -0.0634. The van der Waals surface area contributed by atoms with Crippen LogP contribution in [0.25, 0.3) is 9.88 Å². The maximum atomic E-state index is 12.7. The van der Waals surface area contributed by atoms with Crippen molar-refractivity contribution < 1.29 is 4.79 Å². The van der Waals surface area contributed by atoms with Gasteiger partial charge >= 0.3 is 0 Å². The predicted octanol–water partition coefficient (Wildman–Crippen LogP) is 5.19. The number of nitrogens with zero attached hydrogens (tertiary/aromatic N) is 2. The maximum Gasteiger partial charge on any atom is 0.273 e. The Morgan fingerprint density at radius 2 is 2.04 bits per heavy atom. The van der Waals surface area contributed by atoms with E-state index in [9.17, 15) is 4.79 Å². The number of thiazole rings is 1. The summed E-state index contributed by atoms with van der Waals surface area (Å²) in [7, 11) is 0. The molecule has 2 aromatic heterocycles. The summed E-state index contributed by atoms with van der Waals surface area (Å²) in [6.45, 7) is 3.05. The van der Waals surface area contributed by atoms with Gasteiger partial charge in [0.2, 0.25) is 0 Å². The third-order valence-corrected chi connectivity index (χ3v) is 5.69. The highest BCUT2D eigenvalue weighted by molar-refractivity contribution is 7.20. The first-order valence-electron chi connectivity index (χ1n) is 7.21. The first kappa shape index (κ1) is 16.2. The lowest BCUT2D eigenvalue weighted by Crippen LogP contribution is -2.30. The number of carbonyl (C=O) groups excluding carboxylic acids is 1. The van der Waals surface area contributed by atoms with Crippen LogP contribution in [0.4, 0.5) is 0 Å². The molecule has 0 saturated carbocycles.